The van der Waals surface area contributed by atoms with Crippen molar-refractivity contribution in [2.45, 2.75) is 49.1 Å². The Kier molecular flexibility index (Phi) is 24.6. The molecule has 6 N–H and O–H groups in total. The van der Waals surface area contributed by atoms with Crippen molar-refractivity contribution in [2.75, 3.05) is 104 Å². The minimum atomic E-state index is -5.31. The molecule has 4 amide bonds. The maximum atomic E-state index is 14.2. The van der Waals surface area contributed by atoms with Gasteiger partial charge in [0.05, 0.1) is 45.3 Å². The van der Waals surface area contributed by atoms with Gasteiger partial charge in [-0.15, -0.1) is 0 Å². The second-order valence-corrected chi connectivity index (χ2v) is 19.8. The van der Waals surface area contributed by atoms with Crippen LogP contribution in [-0.2, 0) is 53.6 Å². The van der Waals surface area contributed by atoms with E-state index in [0.717, 1.165) is 0 Å². The predicted molar refractivity (Wildman–Crippen MR) is 283 cm³/mol. The predicted octanol–water partition coefficient (Wildman–Crippen LogP) is 1.52. The van der Waals surface area contributed by atoms with Crippen molar-refractivity contribution in [1.82, 2.24) is 20.9 Å². The Morgan fingerprint density at radius 3 is 2.21 bits per heavy atom. The number of anilines is 1. The number of carbonyl (C=O) groups is 5. The Balaban J connectivity index is 1.02. The standard InChI is InChI=1S/C51H63N9O18S2/c1-4-53-39-17-15-37-45(38-16-18-40(54-5-2)49(80(70,71)72)47(38)78-46(37)48(39)79(67,68)69)35-12-6-7-13-36(35)51(66)60(3)23-9-14-41(61)56-22-25-74-27-26-73-24-19-42(62)55-20-21-57-50(65)33-10-8-11-34(30-33)77-31-43(58-59-52)76-29-28-75-32-44(63)64/h6-8,10-13,15-18,30,43,53H,4-5,9,14,19-29,31-32H2,1-3H3,(H,55,62)(H,56,61)(H,57,65)(H,63,64)(H,67,68,69)(H,70,71,72)/p-1. The molecule has 1 atom stereocenters. The second kappa shape index (κ2) is 31.2. The number of hydrogen-bond donors (Lipinski definition) is 6. The van der Waals surface area contributed by atoms with Gasteiger partial charge in [-0.3, -0.25) is 19.2 Å². The zero-order valence-electron chi connectivity index (χ0n) is 44.0. The first-order valence-electron chi connectivity index (χ1n) is 25.1. The number of nitrogens with one attached hydrogen (secondary N) is 5. The van der Waals surface area contributed by atoms with Crippen LogP contribution < -0.4 is 36.4 Å². The van der Waals surface area contributed by atoms with Crippen molar-refractivity contribution in [3.05, 3.63) is 99.7 Å². The number of benzene rings is 4. The van der Waals surface area contributed by atoms with Crippen molar-refractivity contribution < 1.29 is 88.1 Å². The SMILES string of the molecule is CCNc1ccc2c(-c3ccccc3C(=O)N(C)CCCC(=O)NCCOCCOCCC(=O)NCCNC(=O)c3cccc(OCC(N=[N+]=[N-])OCCOCC(=O)O)c3)c3ccc(=[NH+]CC)c(S(=O)(=O)[O-])c-3oc2c1S(=O)(=O)[O-]. The summed E-state index contributed by atoms with van der Waals surface area (Å²) in [6, 6.07) is 18.1. The minimum Gasteiger partial charge on any atom is -0.744 e. The van der Waals surface area contributed by atoms with E-state index in [4.69, 9.17) is 38.7 Å². The van der Waals surface area contributed by atoms with Crippen molar-refractivity contribution in [2.24, 2.45) is 5.11 Å². The molecule has 0 saturated heterocycles. The molecule has 432 valence electrons. The van der Waals surface area contributed by atoms with E-state index < -0.39 is 72.0 Å². The van der Waals surface area contributed by atoms with Crippen LogP contribution >= 0.6 is 0 Å². The van der Waals surface area contributed by atoms with E-state index in [2.05, 4.69) is 36.3 Å². The van der Waals surface area contributed by atoms with E-state index in [1.54, 1.807) is 50.2 Å². The van der Waals surface area contributed by atoms with E-state index in [9.17, 15) is 49.9 Å². The molecule has 0 aromatic heterocycles. The van der Waals surface area contributed by atoms with Gasteiger partial charge in [0, 0.05) is 91.2 Å². The molecule has 80 heavy (non-hydrogen) atoms. The van der Waals surface area contributed by atoms with Crippen LogP contribution in [0.2, 0.25) is 0 Å². The number of azide groups is 1. The highest BCUT2D eigenvalue weighted by Gasteiger charge is 2.31. The summed E-state index contributed by atoms with van der Waals surface area (Å²) in [5, 5.41) is 22.9. The number of carboxylic acid groups (broad SMARTS) is 1. The molecular weight excluding hydrogens is 1090 g/mol. The number of amides is 4. The quantitative estimate of drug-likeness (QED) is 0.00849. The fourth-order valence-electron chi connectivity index (χ4n) is 7.96. The van der Waals surface area contributed by atoms with Crippen molar-refractivity contribution in [3.8, 4) is 28.2 Å². The fraction of sp³-hybridized carbons (Fsp3) is 0.412. The molecule has 5 rings (SSSR count). The number of carboxylic acids is 1. The molecule has 3 aromatic carbocycles. The number of rotatable bonds is 34. The first-order valence-corrected chi connectivity index (χ1v) is 27.9. The van der Waals surface area contributed by atoms with Gasteiger partial charge in [-0.2, -0.15) is 0 Å². The van der Waals surface area contributed by atoms with Crippen LogP contribution in [0.25, 0.3) is 43.9 Å². The average Bonchev–Trinajstić information content (AvgIpc) is 3.57. The number of carbonyl (C=O) groups excluding carboxylic acids is 4. The molecule has 1 aliphatic carbocycles. The lowest BCUT2D eigenvalue weighted by Gasteiger charge is -2.24. The number of hydrogen-bond acceptors (Lipinski definition) is 19. The van der Waals surface area contributed by atoms with E-state index in [1.807, 2.05) is 0 Å². The van der Waals surface area contributed by atoms with Crippen molar-refractivity contribution in [3.63, 3.8) is 0 Å². The van der Waals surface area contributed by atoms with Crippen LogP contribution in [0.4, 0.5) is 5.69 Å². The summed E-state index contributed by atoms with van der Waals surface area (Å²) in [4.78, 5) is 67.6. The third-order valence-electron chi connectivity index (χ3n) is 11.5. The summed E-state index contributed by atoms with van der Waals surface area (Å²) >= 11 is 0. The average molecular weight is 1150 g/mol. The largest absolute Gasteiger partial charge is 0.744 e. The molecule has 0 radical (unpaired) electrons. The highest BCUT2D eigenvalue weighted by molar-refractivity contribution is 7.86. The van der Waals surface area contributed by atoms with E-state index in [0.29, 0.717) is 5.75 Å². The van der Waals surface area contributed by atoms with Crippen LogP contribution in [-0.4, -0.2) is 171 Å². The maximum absolute atomic E-state index is 14.2. The first-order chi connectivity index (χ1) is 38.3. The number of nitrogens with zero attached hydrogens (tertiary/aromatic N) is 4. The van der Waals surface area contributed by atoms with Crippen molar-refractivity contribution >= 4 is 66.5 Å². The zero-order chi connectivity index (χ0) is 58.2. The Labute approximate surface area is 460 Å². The van der Waals surface area contributed by atoms with E-state index >= 15 is 0 Å². The first kappa shape index (κ1) is 63.1. The van der Waals surface area contributed by atoms with Crippen LogP contribution in [0.1, 0.15) is 53.8 Å². The maximum Gasteiger partial charge on any atom is 0.329 e. The van der Waals surface area contributed by atoms with Gasteiger partial charge in [-0.05, 0) is 73.8 Å². The Bertz CT molecular complexity index is 3300. The lowest BCUT2D eigenvalue weighted by atomic mass is 9.90. The van der Waals surface area contributed by atoms with Gasteiger partial charge in [0.2, 0.25) is 17.2 Å². The molecule has 29 heteroatoms. The fourth-order valence-corrected chi connectivity index (χ4v) is 9.54. The van der Waals surface area contributed by atoms with Gasteiger partial charge in [0.15, 0.2) is 22.5 Å². The Hall–Kier alpha value is -7.73. The topological polar surface area (TPSA) is 393 Å². The van der Waals surface area contributed by atoms with Gasteiger partial charge in [0.1, 0.15) is 50.6 Å². The molecule has 0 fully saturated rings. The van der Waals surface area contributed by atoms with Crippen molar-refractivity contribution in [1.29, 1.82) is 0 Å². The normalized spacial score (nSPS) is 12.1. The Morgan fingerprint density at radius 2 is 1.50 bits per heavy atom. The Morgan fingerprint density at radius 1 is 0.800 bits per heavy atom. The second-order valence-electron chi connectivity index (χ2n) is 17.2. The van der Waals surface area contributed by atoms with Gasteiger partial charge in [-0.1, -0.05) is 29.4 Å². The summed E-state index contributed by atoms with van der Waals surface area (Å²) in [5.74, 6) is -2.92. The van der Waals surface area contributed by atoms with Gasteiger partial charge >= 0.3 is 5.97 Å². The lowest BCUT2D eigenvalue weighted by molar-refractivity contribution is -0.498. The number of ether oxygens (including phenoxy) is 5. The smallest absolute Gasteiger partial charge is 0.329 e. The molecule has 0 bridgehead atoms. The van der Waals surface area contributed by atoms with Crippen LogP contribution in [0.15, 0.2) is 92.1 Å². The van der Waals surface area contributed by atoms with Crippen LogP contribution in [0.3, 0.4) is 0 Å². The molecule has 0 saturated carbocycles. The monoisotopic (exact) mass is 1150 g/mol. The molecule has 3 aromatic rings. The number of fused-ring (bicyclic) bond motifs is 2. The third kappa shape index (κ3) is 18.7. The van der Waals surface area contributed by atoms with Crippen LogP contribution in [0, 0.1) is 0 Å². The molecule has 1 unspecified atom stereocenters. The molecule has 1 heterocycles. The zero-order valence-corrected chi connectivity index (χ0v) is 45.7. The van der Waals surface area contributed by atoms with Gasteiger partial charge < -0.3 is 68.5 Å². The highest BCUT2D eigenvalue weighted by Crippen LogP contribution is 2.46. The molecule has 1 aliphatic heterocycles. The molecule has 27 nitrogen and oxygen atoms in total. The molecular formula is C51H62N9O18S2-. The lowest BCUT2D eigenvalue weighted by Crippen LogP contribution is -2.76. The molecule has 2 aliphatic rings. The van der Waals surface area contributed by atoms with Gasteiger partial charge in [0.25, 0.3) is 11.8 Å². The van der Waals surface area contributed by atoms with E-state index in [-0.39, 0.29) is 161 Å². The third-order valence-corrected chi connectivity index (χ3v) is 13.3. The minimum absolute atomic E-state index is 0.0386. The van der Waals surface area contributed by atoms with Crippen LogP contribution in [0.5, 0.6) is 5.75 Å². The van der Waals surface area contributed by atoms with Gasteiger partial charge in [-0.25, -0.2) is 26.6 Å². The highest BCUT2D eigenvalue weighted by atomic mass is 32.2. The summed E-state index contributed by atoms with van der Waals surface area (Å²) in [6.07, 6.45) is -0.679. The molecule has 0 spiro atoms. The summed E-state index contributed by atoms with van der Waals surface area (Å²) in [6.45, 7) is 4.17. The number of aliphatic carboxylic acids is 1. The van der Waals surface area contributed by atoms with E-state index in [1.165, 1.54) is 48.3 Å². The summed E-state index contributed by atoms with van der Waals surface area (Å²) in [7, 11) is -9.10. The summed E-state index contributed by atoms with van der Waals surface area (Å²) < 4.78 is 110. The summed E-state index contributed by atoms with van der Waals surface area (Å²) in [5.41, 5.74) is 8.89.